The van der Waals surface area contributed by atoms with E-state index < -0.39 is 0 Å². The van der Waals surface area contributed by atoms with Crippen LogP contribution in [0.5, 0.6) is 11.5 Å². The summed E-state index contributed by atoms with van der Waals surface area (Å²) >= 11 is 1.38. The molecule has 1 aromatic carbocycles. The Balaban J connectivity index is 1.74. The second-order valence-electron chi connectivity index (χ2n) is 7.44. The summed E-state index contributed by atoms with van der Waals surface area (Å²) in [5.41, 5.74) is 1.93. The maximum absolute atomic E-state index is 12.6. The monoisotopic (exact) mass is 419 g/mol. The zero-order valence-electron chi connectivity index (χ0n) is 17.9. The molecule has 2 aliphatic rings. The van der Waals surface area contributed by atoms with Crippen LogP contribution >= 0.6 is 11.8 Å². The van der Waals surface area contributed by atoms with Crippen molar-refractivity contribution in [3.8, 4) is 11.5 Å². The Bertz CT molecular complexity index is 719. The number of piperidine rings is 1. The highest BCUT2D eigenvalue weighted by Gasteiger charge is 2.30. The minimum Gasteiger partial charge on any atom is -0.493 e. The van der Waals surface area contributed by atoms with Crippen molar-refractivity contribution >= 4 is 22.7 Å². The Morgan fingerprint density at radius 1 is 1.14 bits per heavy atom. The lowest BCUT2D eigenvalue weighted by atomic mass is 10.0. The Kier molecular flexibility index (Phi) is 8.24. The summed E-state index contributed by atoms with van der Waals surface area (Å²) in [5, 5.41) is 6.56. The third-order valence-corrected chi connectivity index (χ3v) is 6.66. The number of amides is 1. The van der Waals surface area contributed by atoms with Gasteiger partial charge in [-0.25, -0.2) is 5.01 Å². The molecule has 1 aromatic rings. The second-order valence-corrected chi connectivity index (χ2v) is 8.60. The molecule has 1 amide bonds. The molecule has 1 atom stereocenters. The van der Waals surface area contributed by atoms with Gasteiger partial charge < -0.3 is 14.4 Å². The summed E-state index contributed by atoms with van der Waals surface area (Å²) in [7, 11) is 1.64. The Hall–Kier alpha value is -1.73. The van der Waals surface area contributed by atoms with Gasteiger partial charge in [-0.3, -0.25) is 4.79 Å². The summed E-state index contributed by atoms with van der Waals surface area (Å²) in [4.78, 5) is 15.1. The molecule has 0 aromatic heterocycles. The predicted molar refractivity (Wildman–Crippen MR) is 119 cm³/mol. The van der Waals surface area contributed by atoms with Crippen LogP contribution in [0.2, 0.25) is 0 Å². The van der Waals surface area contributed by atoms with Crippen molar-refractivity contribution in [1.29, 1.82) is 0 Å². The molecule has 2 aliphatic heterocycles. The van der Waals surface area contributed by atoms with Crippen molar-refractivity contribution in [2.24, 2.45) is 5.10 Å². The molecule has 2 heterocycles. The summed E-state index contributed by atoms with van der Waals surface area (Å²) in [6.07, 6.45) is 5.73. The van der Waals surface area contributed by atoms with E-state index in [1.54, 1.807) is 12.1 Å². The number of carbonyl (C=O) groups excluding carboxylic acids is 1. The molecule has 0 aliphatic carbocycles. The largest absolute Gasteiger partial charge is 0.493 e. The van der Waals surface area contributed by atoms with Gasteiger partial charge in [0.05, 0.1) is 24.7 Å². The van der Waals surface area contributed by atoms with Gasteiger partial charge in [-0.15, -0.1) is 0 Å². The lowest BCUT2D eigenvalue weighted by Crippen LogP contribution is -2.37. The third-order valence-electron chi connectivity index (χ3n) is 5.41. The van der Waals surface area contributed by atoms with Crippen LogP contribution in [0.4, 0.5) is 4.79 Å². The number of ether oxygens (including phenoxy) is 2. The van der Waals surface area contributed by atoms with Gasteiger partial charge in [0.25, 0.3) is 0 Å². The fourth-order valence-corrected chi connectivity index (χ4v) is 4.83. The molecule has 29 heavy (non-hydrogen) atoms. The minimum atomic E-state index is 0.0535. The van der Waals surface area contributed by atoms with Crippen molar-refractivity contribution in [2.45, 2.75) is 51.2 Å². The molecule has 1 unspecified atom stereocenters. The lowest BCUT2D eigenvalue weighted by Gasteiger charge is -2.30. The lowest BCUT2D eigenvalue weighted by molar-refractivity contribution is 0.203. The molecular formula is C22H33N3O3S. The zero-order valence-corrected chi connectivity index (χ0v) is 18.7. The van der Waals surface area contributed by atoms with Gasteiger partial charge in [0.15, 0.2) is 11.5 Å². The van der Waals surface area contributed by atoms with Crippen molar-refractivity contribution in [1.82, 2.24) is 9.91 Å². The molecular weight excluding hydrogens is 386 g/mol. The van der Waals surface area contributed by atoms with Crippen LogP contribution in [-0.4, -0.2) is 66.0 Å². The summed E-state index contributed by atoms with van der Waals surface area (Å²) in [6.45, 7) is 8.68. The van der Waals surface area contributed by atoms with Crippen molar-refractivity contribution in [3.05, 3.63) is 23.8 Å². The normalized spacial score (nSPS) is 20.5. The minimum absolute atomic E-state index is 0.0535. The molecule has 3 rings (SSSR count). The third kappa shape index (κ3) is 5.66. The molecule has 6 nitrogen and oxygen atoms in total. The summed E-state index contributed by atoms with van der Waals surface area (Å²) < 4.78 is 11.1. The molecule has 7 heteroatoms. The van der Waals surface area contributed by atoms with E-state index in [-0.39, 0.29) is 10.5 Å². The van der Waals surface area contributed by atoms with Crippen LogP contribution in [0, 0.1) is 0 Å². The van der Waals surface area contributed by atoms with E-state index in [4.69, 9.17) is 14.6 Å². The average Bonchev–Trinajstić information content (AvgIpc) is 2.75. The Morgan fingerprint density at radius 2 is 1.93 bits per heavy atom. The van der Waals surface area contributed by atoms with Gasteiger partial charge in [-0.2, -0.15) is 5.10 Å². The molecule has 0 N–H and O–H groups in total. The molecule has 0 bridgehead atoms. The number of carbonyl (C=O) groups is 1. The first-order valence-electron chi connectivity index (χ1n) is 10.8. The van der Waals surface area contributed by atoms with Crippen LogP contribution in [-0.2, 0) is 0 Å². The van der Waals surface area contributed by atoms with Crippen molar-refractivity contribution < 1.29 is 14.3 Å². The van der Waals surface area contributed by atoms with Gasteiger partial charge >= 0.3 is 5.24 Å². The fraction of sp³-hybridized carbons (Fsp3) is 0.636. The Morgan fingerprint density at radius 3 is 2.62 bits per heavy atom. The summed E-state index contributed by atoms with van der Waals surface area (Å²) in [5.74, 6) is 1.42. The van der Waals surface area contributed by atoms with E-state index in [0.29, 0.717) is 24.7 Å². The van der Waals surface area contributed by atoms with Crippen molar-refractivity contribution in [2.75, 3.05) is 39.9 Å². The SMILES string of the molecule is CCOc1cc(C2=NN(CCCN3CCCCC3)C(=O)SC2CC)ccc1OC. The zero-order chi connectivity index (χ0) is 20.6. The van der Waals surface area contributed by atoms with Gasteiger partial charge in [0.2, 0.25) is 0 Å². The van der Waals surface area contributed by atoms with E-state index >= 15 is 0 Å². The molecule has 1 saturated heterocycles. The van der Waals surface area contributed by atoms with Crippen LogP contribution in [0.1, 0.15) is 51.5 Å². The standard InChI is InChI=1S/C22H33N3O3S/c1-4-20-21(17-10-11-18(27-3)19(16-17)28-5-2)23-25(22(26)29-20)15-9-14-24-12-7-6-8-13-24/h10-11,16,20H,4-9,12-15H2,1-3H3. The highest BCUT2D eigenvalue weighted by molar-refractivity contribution is 8.14. The first kappa shape index (κ1) is 22.0. The van der Waals surface area contributed by atoms with Crippen LogP contribution in [0.3, 0.4) is 0 Å². The number of hydrogen-bond acceptors (Lipinski definition) is 6. The van der Waals surface area contributed by atoms with Crippen molar-refractivity contribution in [3.63, 3.8) is 0 Å². The smallest absolute Gasteiger partial charge is 0.302 e. The first-order valence-corrected chi connectivity index (χ1v) is 11.6. The number of methoxy groups -OCH3 is 1. The number of rotatable bonds is 9. The van der Waals surface area contributed by atoms with Gasteiger partial charge in [0, 0.05) is 12.1 Å². The molecule has 0 saturated carbocycles. The number of hydrazone groups is 1. The van der Waals surface area contributed by atoms with E-state index in [9.17, 15) is 4.79 Å². The van der Waals surface area contributed by atoms with E-state index in [1.165, 1.54) is 44.1 Å². The molecule has 0 radical (unpaired) electrons. The topological polar surface area (TPSA) is 54.4 Å². The first-order chi connectivity index (χ1) is 14.2. The fourth-order valence-electron chi connectivity index (χ4n) is 3.87. The maximum atomic E-state index is 12.6. The predicted octanol–water partition coefficient (Wildman–Crippen LogP) is 4.62. The van der Waals surface area contributed by atoms with E-state index in [0.717, 1.165) is 30.7 Å². The van der Waals surface area contributed by atoms with Gasteiger partial charge in [-0.1, -0.05) is 25.1 Å². The molecule has 1 fully saturated rings. The highest BCUT2D eigenvalue weighted by Crippen LogP contribution is 2.33. The maximum Gasteiger partial charge on any atom is 0.302 e. The average molecular weight is 420 g/mol. The second kappa shape index (κ2) is 10.9. The molecule has 0 spiro atoms. The number of thioether (sulfide) groups is 1. The Labute approximate surface area is 178 Å². The summed E-state index contributed by atoms with van der Waals surface area (Å²) in [6, 6.07) is 5.90. The quantitative estimate of drug-likeness (QED) is 0.584. The number of nitrogens with zero attached hydrogens (tertiary/aromatic N) is 3. The number of hydrogen-bond donors (Lipinski definition) is 0. The molecule has 160 valence electrons. The van der Waals surface area contributed by atoms with Crippen LogP contribution in [0.25, 0.3) is 0 Å². The van der Waals surface area contributed by atoms with E-state index in [2.05, 4.69) is 11.8 Å². The van der Waals surface area contributed by atoms with Crippen LogP contribution < -0.4 is 9.47 Å². The highest BCUT2D eigenvalue weighted by atomic mass is 32.2. The van der Waals surface area contributed by atoms with Gasteiger partial charge in [-0.05, 0) is 70.4 Å². The van der Waals surface area contributed by atoms with E-state index in [1.807, 2.05) is 25.1 Å². The number of likely N-dealkylation sites (tertiary alicyclic amines) is 1. The van der Waals surface area contributed by atoms with Crippen LogP contribution in [0.15, 0.2) is 23.3 Å². The number of benzene rings is 1. The van der Waals surface area contributed by atoms with Gasteiger partial charge in [0.1, 0.15) is 0 Å².